The van der Waals surface area contributed by atoms with Crippen LogP contribution in [0, 0.1) is 0 Å². The van der Waals surface area contributed by atoms with Gasteiger partial charge in [0.15, 0.2) is 0 Å². The molecule has 0 aromatic carbocycles. The van der Waals surface area contributed by atoms with E-state index in [4.69, 9.17) is 14.6 Å². The zero-order valence-corrected chi connectivity index (χ0v) is 6.45. The Morgan fingerprint density at radius 2 is 2.27 bits per heavy atom. The first-order chi connectivity index (χ1) is 5.27. The number of hydrogen-bond acceptors (Lipinski definition) is 3. The average Bonchev–Trinajstić information content (AvgIpc) is 2.50. The summed E-state index contributed by atoms with van der Waals surface area (Å²) in [6.07, 6.45) is -0.0756. The van der Waals surface area contributed by atoms with Crippen LogP contribution in [0.2, 0.25) is 0 Å². The second-order valence-corrected chi connectivity index (χ2v) is 2.36. The van der Waals surface area contributed by atoms with Crippen molar-refractivity contribution in [3.63, 3.8) is 0 Å². The fourth-order valence-electron chi connectivity index (χ4n) is 0.854. The molecule has 3 heteroatoms. The molecule has 1 heterocycles. The SMILES string of the molecule is CCc1ccc([C@@H](O)CO)o1. The van der Waals surface area contributed by atoms with Gasteiger partial charge in [-0.25, -0.2) is 0 Å². The van der Waals surface area contributed by atoms with Gasteiger partial charge >= 0.3 is 0 Å². The van der Waals surface area contributed by atoms with Gasteiger partial charge in [0.2, 0.25) is 0 Å². The maximum Gasteiger partial charge on any atom is 0.135 e. The van der Waals surface area contributed by atoms with Crippen LogP contribution in [-0.2, 0) is 6.42 Å². The van der Waals surface area contributed by atoms with Crippen molar-refractivity contribution in [2.45, 2.75) is 19.4 Å². The van der Waals surface area contributed by atoms with Gasteiger partial charge in [0.25, 0.3) is 0 Å². The summed E-state index contributed by atoms with van der Waals surface area (Å²) in [6, 6.07) is 3.48. The molecule has 0 aliphatic carbocycles. The highest BCUT2D eigenvalue weighted by molar-refractivity contribution is 5.09. The van der Waals surface area contributed by atoms with Crippen LogP contribution in [0.4, 0.5) is 0 Å². The van der Waals surface area contributed by atoms with Crippen molar-refractivity contribution in [2.24, 2.45) is 0 Å². The molecule has 0 spiro atoms. The number of hydrogen-bond donors (Lipinski definition) is 2. The minimum atomic E-state index is -0.879. The van der Waals surface area contributed by atoms with Crippen LogP contribution in [0.1, 0.15) is 24.5 Å². The molecular formula is C8H12O3. The highest BCUT2D eigenvalue weighted by Gasteiger charge is 2.09. The molecule has 0 saturated heterocycles. The molecule has 3 nitrogen and oxygen atoms in total. The molecule has 1 aromatic heterocycles. The second kappa shape index (κ2) is 3.55. The molecule has 62 valence electrons. The molecule has 1 aromatic rings. The third-order valence-corrected chi connectivity index (χ3v) is 1.53. The van der Waals surface area contributed by atoms with Crippen LogP contribution in [0.3, 0.4) is 0 Å². The standard InChI is InChI=1S/C8H12O3/c1-2-6-3-4-8(11-6)7(10)5-9/h3-4,7,9-10H,2,5H2,1H3/t7-/m0/s1. The van der Waals surface area contributed by atoms with Crippen LogP contribution in [-0.4, -0.2) is 16.8 Å². The number of aliphatic hydroxyl groups is 2. The fraction of sp³-hybridized carbons (Fsp3) is 0.500. The molecule has 0 amide bonds. The van der Waals surface area contributed by atoms with E-state index in [1.165, 1.54) is 0 Å². The van der Waals surface area contributed by atoms with Crippen molar-refractivity contribution < 1.29 is 14.6 Å². The van der Waals surface area contributed by atoms with E-state index in [-0.39, 0.29) is 6.61 Å². The molecule has 0 radical (unpaired) electrons. The summed E-state index contributed by atoms with van der Waals surface area (Å²) in [6.45, 7) is 1.67. The lowest BCUT2D eigenvalue weighted by molar-refractivity contribution is 0.0766. The maximum absolute atomic E-state index is 9.09. The Kier molecular flexibility index (Phi) is 2.68. The molecule has 0 aliphatic rings. The zero-order valence-electron chi connectivity index (χ0n) is 6.45. The van der Waals surface area contributed by atoms with Gasteiger partial charge in [0.05, 0.1) is 6.61 Å². The summed E-state index contributed by atoms with van der Waals surface area (Å²) in [5.74, 6) is 1.26. The lowest BCUT2D eigenvalue weighted by atomic mass is 10.3. The second-order valence-electron chi connectivity index (χ2n) is 2.36. The molecule has 0 aliphatic heterocycles. The third-order valence-electron chi connectivity index (χ3n) is 1.53. The largest absolute Gasteiger partial charge is 0.463 e. The quantitative estimate of drug-likeness (QED) is 0.682. The van der Waals surface area contributed by atoms with Gasteiger partial charge in [-0.15, -0.1) is 0 Å². The summed E-state index contributed by atoms with van der Waals surface area (Å²) in [7, 11) is 0. The first-order valence-corrected chi connectivity index (χ1v) is 3.65. The minimum Gasteiger partial charge on any atom is -0.463 e. The van der Waals surface area contributed by atoms with E-state index in [2.05, 4.69) is 0 Å². The summed E-state index contributed by atoms with van der Waals surface area (Å²) in [4.78, 5) is 0. The van der Waals surface area contributed by atoms with Crippen LogP contribution < -0.4 is 0 Å². The molecule has 1 rings (SSSR count). The minimum absolute atomic E-state index is 0.295. The molecule has 0 saturated carbocycles. The van der Waals surface area contributed by atoms with Gasteiger partial charge < -0.3 is 14.6 Å². The van der Waals surface area contributed by atoms with Crippen LogP contribution in [0.25, 0.3) is 0 Å². The normalized spacial score (nSPS) is 13.4. The van der Waals surface area contributed by atoms with Crippen LogP contribution >= 0.6 is 0 Å². The summed E-state index contributed by atoms with van der Waals surface area (Å²) < 4.78 is 5.18. The predicted molar refractivity (Wildman–Crippen MR) is 40.1 cm³/mol. The van der Waals surface area contributed by atoms with Crippen molar-refractivity contribution in [1.82, 2.24) is 0 Å². The number of aliphatic hydroxyl groups excluding tert-OH is 2. The topological polar surface area (TPSA) is 53.6 Å². The molecule has 0 fully saturated rings. The van der Waals surface area contributed by atoms with Gasteiger partial charge in [0, 0.05) is 6.42 Å². The predicted octanol–water partition coefficient (Wildman–Crippen LogP) is 0.868. The molecule has 0 bridgehead atoms. The Labute approximate surface area is 65.3 Å². The van der Waals surface area contributed by atoms with Crippen LogP contribution in [0.15, 0.2) is 16.5 Å². The molecule has 11 heavy (non-hydrogen) atoms. The van der Waals surface area contributed by atoms with E-state index < -0.39 is 6.10 Å². The Morgan fingerprint density at radius 3 is 2.73 bits per heavy atom. The lowest BCUT2D eigenvalue weighted by Crippen LogP contribution is -2.00. The van der Waals surface area contributed by atoms with Gasteiger partial charge in [-0.3, -0.25) is 0 Å². The van der Waals surface area contributed by atoms with Gasteiger partial charge in [-0.05, 0) is 12.1 Å². The van der Waals surface area contributed by atoms with Gasteiger partial charge in [-0.1, -0.05) is 6.92 Å². The number of furan rings is 1. The number of aryl methyl sites for hydroxylation is 1. The van der Waals surface area contributed by atoms with E-state index in [1.54, 1.807) is 12.1 Å². The lowest BCUT2D eigenvalue weighted by Gasteiger charge is -2.01. The Hall–Kier alpha value is -0.800. The van der Waals surface area contributed by atoms with E-state index in [0.717, 1.165) is 12.2 Å². The summed E-state index contributed by atoms with van der Waals surface area (Å²) in [5, 5.41) is 17.7. The zero-order chi connectivity index (χ0) is 8.27. The van der Waals surface area contributed by atoms with Crippen molar-refractivity contribution >= 4 is 0 Å². The van der Waals surface area contributed by atoms with Crippen molar-refractivity contribution in [1.29, 1.82) is 0 Å². The third kappa shape index (κ3) is 1.82. The van der Waals surface area contributed by atoms with Crippen molar-refractivity contribution in [3.05, 3.63) is 23.7 Å². The van der Waals surface area contributed by atoms with E-state index >= 15 is 0 Å². The van der Waals surface area contributed by atoms with E-state index in [1.807, 2.05) is 6.92 Å². The van der Waals surface area contributed by atoms with Gasteiger partial charge in [-0.2, -0.15) is 0 Å². The highest BCUT2D eigenvalue weighted by atomic mass is 16.4. The molecule has 0 unspecified atom stereocenters. The van der Waals surface area contributed by atoms with Gasteiger partial charge in [0.1, 0.15) is 17.6 Å². The van der Waals surface area contributed by atoms with E-state index in [9.17, 15) is 0 Å². The first-order valence-electron chi connectivity index (χ1n) is 3.65. The molecule has 2 N–H and O–H groups in total. The Bertz CT molecular complexity index is 217. The molecule has 1 atom stereocenters. The number of rotatable bonds is 3. The highest BCUT2D eigenvalue weighted by Crippen LogP contribution is 2.15. The smallest absolute Gasteiger partial charge is 0.135 e. The molecular weight excluding hydrogens is 144 g/mol. The summed E-state index contributed by atoms with van der Waals surface area (Å²) >= 11 is 0. The first kappa shape index (κ1) is 8.30. The fourth-order valence-corrected chi connectivity index (χ4v) is 0.854. The summed E-state index contributed by atoms with van der Waals surface area (Å²) in [5.41, 5.74) is 0. The van der Waals surface area contributed by atoms with Crippen molar-refractivity contribution in [2.75, 3.05) is 6.61 Å². The Morgan fingerprint density at radius 1 is 1.55 bits per heavy atom. The monoisotopic (exact) mass is 156 g/mol. The van der Waals surface area contributed by atoms with E-state index in [0.29, 0.717) is 5.76 Å². The Balaban J connectivity index is 2.71. The van der Waals surface area contributed by atoms with Crippen LogP contribution in [0.5, 0.6) is 0 Å². The van der Waals surface area contributed by atoms with Crippen molar-refractivity contribution in [3.8, 4) is 0 Å². The average molecular weight is 156 g/mol. The maximum atomic E-state index is 9.09.